The molecule has 112 valence electrons. The molecule has 1 heterocycles. The molecule has 1 aromatic carbocycles. The molecular formula is C13H11Cl3N2O2S. The van der Waals surface area contributed by atoms with Crippen molar-refractivity contribution in [2.45, 2.75) is 17.9 Å². The van der Waals surface area contributed by atoms with Crippen LogP contribution in [-0.4, -0.2) is 13.4 Å². The number of aromatic nitrogens is 1. The summed E-state index contributed by atoms with van der Waals surface area (Å²) in [5, 5.41) is 1.01. The molecule has 21 heavy (non-hydrogen) atoms. The summed E-state index contributed by atoms with van der Waals surface area (Å²) in [7, 11) is -3.69. The van der Waals surface area contributed by atoms with E-state index in [1.807, 2.05) is 0 Å². The predicted molar refractivity (Wildman–Crippen MR) is 84.4 cm³/mol. The van der Waals surface area contributed by atoms with Gasteiger partial charge in [0.25, 0.3) is 0 Å². The van der Waals surface area contributed by atoms with Gasteiger partial charge in [0.2, 0.25) is 10.0 Å². The summed E-state index contributed by atoms with van der Waals surface area (Å²) in [5.74, 6) is 0. The quantitative estimate of drug-likeness (QED) is 0.830. The third-order valence-electron chi connectivity index (χ3n) is 2.79. The van der Waals surface area contributed by atoms with Gasteiger partial charge in [-0.1, -0.05) is 40.9 Å². The second kappa shape index (κ2) is 6.50. The van der Waals surface area contributed by atoms with Crippen LogP contribution in [0, 0.1) is 0 Å². The Labute approximate surface area is 138 Å². The molecule has 2 aromatic rings. The molecule has 2 rings (SSSR count). The van der Waals surface area contributed by atoms with Crippen molar-refractivity contribution in [1.29, 1.82) is 0 Å². The van der Waals surface area contributed by atoms with Crippen LogP contribution >= 0.6 is 34.8 Å². The normalized spacial score (nSPS) is 13.1. The topological polar surface area (TPSA) is 59.1 Å². The van der Waals surface area contributed by atoms with Gasteiger partial charge in [-0.2, -0.15) is 0 Å². The van der Waals surface area contributed by atoms with Crippen LogP contribution < -0.4 is 4.72 Å². The lowest BCUT2D eigenvalue weighted by molar-refractivity contribution is 0.566. The van der Waals surface area contributed by atoms with E-state index in [1.54, 1.807) is 25.1 Å². The standard InChI is InChI=1S/C13H11Cl3N2O2S/c1-8(9-2-4-11(14)12(15)6-9)18-21(19,20)10-3-5-13(16)17-7-10/h2-8,18H,1H3. The Morgan fingerprint density at radius 1 is 1.10 bits per heavy atom. The first-order valence-electron chi connectivity index (χ1n) is 5.88. The zero-order valence-corrected chi connectivity index (χ0v) is 13.9. The van der Waals surface area contributed by atoms with Crippen molar-refractivity contribution in [3.63, 3.8) is 0 Å². The van der Waals surface area contributed by atoms with E-state index < -0.39 is 16.1 Å². The molecule has 0 aliphatic carbocycles. The van der Waals surface area contributed by atoms with E-state index >= 15 is 0 Å². The molecule has 0 fully saturated rings. The summed E-state index contributed by atoms with van der Waals surface area (Å²) in [6.07, 6.45) is 1.20. The fourth-order valence-corrected chi connectivity index (χ4v) is 3.27. The van der Waals surface area contributed by atoms with E-state index in [2.05, 4.69) is 9.71 Å². The van der Waals surface area contributed by atoms with Gasteiger partial charge < -0.3 is 0 Å². The number of halogens is 3. The molecule has 0 spiro atoms. The van der Waals surface area contributed by atoms with Crippen LogP contribution in [0.25, 0.3) is 0 Å². The average molecular weight is 366 g/mol. The number of nitrogens with zero attached hydrogens (tertiary/aromatic N) is 1. The summed E-state index contributed by atoms with van der Waals surface area (Å²) < 4.78 is 27.0. The number of hydrogen-bond acceptors (Lipinski definition) is 3. The van der Waals surface area contributed by atoms with Crippen molar-refractivity contribution in [3.05, 3.63) is 57.3 Å². The van der Waals surface area contributed by atoms with Crippen LogP contribution in [0.4, 0.5) is 0 Å². The van der Waals surface area contributed by atoms with Crippen molar-refractivity contribution in [1.82, 2.24) is 9.71 Å². The molecule has 0 aliphatic rings. The molecule has 4 nitrogen and oxygen atoms in total. The average Bonchev–Trinajstić information content (AvgIpc) is 2.41. The molecule has 1 atom stereocenters. The van der Waals surface area contributed by atoms with Crippen LogP contribution in [0.1, 0.15) is 18.5 Å². The SMILES string of the molecule is CC(NS(=O)(=O)c1ccc(Cl)nc1)c1ccc(Cl)c(Cl)c1. The van der Waals surface area contributed by atoms with Crippen molar-refractivity contribution in [2.75, 3.05) is 0 Å². The van der Waals surface area contributed by atoms with Gasteiger partial charge in [-0.15, -0.1) is 0 Å². The Bertz CT molecular complexity index is 749. The summed E-state index contributed by atoms with van der Waals surface area (Å²) in [5.41, 5.74) is 0.704. The number of rotatable bonds is 4. The highest BCUT2D eigenvalue weighted by atomic mass is 35.5. The number of nitrogens with one attached hydrogen (secondary N) is 1. The number of hydrogen-bond donors (Lipinski definition) is 1. The van der Waals surface area contributed by atoms with Crippen LogP contribution in [0.3, 0.4) is 0 Å². The van der Waals surface area contributed by atoms with Crippen LogP contribution in [0.2, 0.25) is 15.2 Å². The third-order valence-corrected chi connectivity index (χ3v) is 5.27. The van der Waals surface area contributed by atoms with E-state index in [0.717, 1.165) is 0 Å². The lowest BCUT2D eigenvalue weighted by Crippen LogP contribution is -2.27. The molecule has 1 unspecified atom stereocenters. The maximum absolute atomic E-state index is 12.2. The van der Waals surface area contributed by atoms with Crippen LogP contribution in [0.5, 0.6) is 0 Å². The Kier molecular flexibility index (Phi) is 5.11. The number of sulfonamides is 1. The number of pyridine rings is 1. The molecule has 0 radical (unpaired) electrons. The smallest absolute Gasteiger partial charge is 0.242 e. The minimum Gasteiger partial charge on any atom is -0.243 e. The van der Waals surface area contributed by atoms with Crippen LogP contribution in [0.15, 0.2) is 41.4 Å². The number of benzene rings is 1. The Morgan fingerprint density at radius 2 is 1.81 bits per heavy atom. The van der Waals surface area contributed by atoms with Crippen molar-refractivity contribution in [2.24, 2.45) is 0 Å². The van der Waals surface area contributed by atoms with E-state index in [-0.39, 0.29) is 10.0 Å². The lowest BCUT2D eigenvalue weighted by atomic mass is 10.1. The van der Waals surface area contributed by atoms with Gasteiger partial charge in [-0.05, 0) is 36.8 Å². The Morgan fingerprint density at radius 3 is 2.38 bits per heavy atom. The summed E-state index contributed by atoms with van der Waals surface area (Å²) >= 11 is 17.4. The lowest BCUT2D eigenvalue weighted by Gasteiger charge is -2.15. The van der Waals surface area contributed by atoms with Gasteiger partial charge in [-0.25, -0.2) is 18.1 Å². The van der Waals surface area contributed by atoms with Gasteiger partial charge in [0.15, 0.2) is 0 Å². The second-order valence-electron chi connectivity index (χ2n) is 4.33. The Hall–Kier alpha value is -0.850. The molecule has 0 aliphatic heterocycles. The zero-order chi connectivity index (χ0) is 15.6. The highest BCUT2D eigenvalue weighted by Crippen LogP contribution is 2.26. The molecule has 0 amide bonds. The molecule has 0 saturated heterocycles. The van der Waals surface area contributed by atoms with Gasteiger partial charge in [0, 0.05) is 12.2 Å². The monoisotopic (exact) mass is 364 g/mol. The predicted octanol–water partition coefficient (Wildman–Crippen LogP) is 4.08. The maximum Gasteiger partial charge on any atom is 0.242 e. The fourth-order valence-electron chi connectivity index (χ4n) is 1.67. The molecular weight excluding hydrogens is 355 g/mol. The molecule has 1 aromatic heterocycles. The largest absolute Gasteiger partial charge is 0.243 e. The van der Waals surface area contributed by atoms with E-state index in [1.165, 1.54) is 18.3 Å². The van der Waals surface area contributed by atoms with Crippen molar-refractivity contribution >= 4 is 44.8 Å². The highest BCUT2D eigenvalue weighted by Gasteiger charge is 2.19. The second-order valence-corrected chi connectivity index (χ2v) is 7.25. The summed E-state index contributed by atoms with van der Waals surface area (Å²) in [6.45, 7) is 1.71. The van der Waals surface area contributed by atoms with Gasteiger partial charge in [0.1, 0.15) is 10.0 Å². The summed E-state index contributed by atoms with van der Waals surface area (Å²) in [6, 6.07) is 7.28. The fraction of sp³-hybridized carbons (Fsp3) is 0.154. The van der Waals surface area contributed by atoms with Gasteiger partial charge in [-0.3, -0.25) is 0 Å². The zero-order valence-electron chi connectivity index (χ0n) is 10.8. The molecule has 1 N–H and O–H groups in total. The summed E-state index contributed by atoms with van der Waals surface area (Å²) in [4.78, 5) is 3.80. The first kappa shape index (κ1) is 16.5. The Balaban J connectivity index is 2.23. The van der Waals surface area contributed by atoms with Crippen molar-refractivity contribution in [3.8, 4) is 0 Å². The van der Waals surface area contributed by atoms with Gasteiger partial charge in [0.05, 0.1) is 10.0 Å². The van der Waals surface area contributed by atoms with E-state index in [0.29, 0.717) is 15.6 Å². The molecule has 8 heteroatoms. The molecule has 0 bridgehead atoms. The first-order valence-corrected chi connectivity index (χ1v) is 8.50. The van der Waals surface area contributed by atoms with E-state index in [4.69, 9.17) is 34.8 Å². The minimum absolute atomic E-state index is 0.0406. The minimum atomic E-state index is -3.69. The van der Waals surface area contributed by atoms with Crippen LogP contribution in [-0.2, 0) is 10.0 Å². The maximum atomic E-state index is 12.2. The van der Waals surface area contributed by atoms with Gasteiger partial charge >= 0.3 is 0 Å². The van der Waals surface area contributed by atoms with E-state index in [9.17, 15) is 8.42 Å². The first-order chi connectivity index (χ1) is 9.79. The highest BCUT2D eigenvalue weighted by molar-refractivity contribution is 7.89. The molecule has 0 saturated carbocycles. The van der Waals surface area contributed by atoms with Crippen molar-refractivity contribution < 1.29 is 8.42 Å². The third kappa shape index (κ3) is 4.08.